The molecule has 128 valence electrons. The number of hydrogen-bond donors (Lipinski definition) is 1. The molecule has 0 radical (unpaired) electrons. The summed E-state index contributed by atoms with van der Waals surface area (Å²) in [4.78, 5) is 12.2. The highest BCUT2D eigenvalue weighted by molar-refractivity contribution is 7.99. The first kappa shape index (κ1) is 17.4. The van der Waals surface area contributed by atoms with E-state index in [9.17, 15) is 4.79 Å². The number of anilines is 1. The Bertz CT molecular complexity index is 894. The van der Waals surface area contributed by atoms with E-state index in [0.717, 1.165) is 22.5 Å². The van der Waals surface area contributed by atoms with Gasteiger partial charge in [0.25, 0.3) is 0 Å². The highest BCUT2D eigenvalue weighted by Gasteiger charge is 2.12. The van der Waals surface area contributed by atoms with Crippen molar-refractivity contribution in [3.05, 3.63) is 58.6 Å². The summed E-state index contributed by atoms with van der Waals surface area (Å²) in [6.45, 7) is 3.91. The van der Waals surface area contributed by atoms with Gasteiger partial charge < -0.3 is 5.32 Å². The first-order valence-corrected chi connectivity index (χ1v) is 8.93. The van der Waals surface area contributed by atoms with Crippen LogP contribution in [-0.4, -0.2) is 31.9 Å². The van der Waals surface area contributed by atoms with Crippen LogP contribution in [0.3, 0.4) is 0 Å². The topological polar surface area (TPSA) is 72.7 Å². The number of thioether (sulfide) groups is 1. The molecule has 1 aromatic heterocycles. The Labute approximate surface area is 154 Å². The number of hydrogen-bond acceptors (Lipinski definition) is 5. The van der Waals surface area contributed by atoms with Gasteiger partial charge in [-0.3, -0.25) is 4.79 Å². The van der Waals surface area contributed by atoms with Gasteiger partial charge in [0, 0.05) is 10.7 Å². The molecule has 0 aliphatic carbocycles. The van der Waals surface area contributed by atoms with Crippen LogP contribution in [0.25, 0.3) is 5.69 Å². The Balaban J connectivity index is 1.65. The number of rotatable bonds is 5. The van der Waals surface area contributed by atoms with Crippen molar-refractivity contribution in [2.24, 2.45) is 0 Å². The van der Waals surface area contributed by atoms with Gasteiger partial charge in [-0.1, -0.05) is 41.1 Å². The van der Waals surface area contributed by atoms with E-state index in [2.05, 4.69) is 20.8 Å². The summed E-state index contributed by atoms with van der Waals surface area (Å²) in [7, 11) is 0. The molecule has 0 spiro atoms. The molecule has 0 fully saturated rings. The van der Waals surface area contributed by atoms with E-state index in [-0.39, 0.29) is 11.7 Å². The molecule has 1 amide bonds. The van der Waals surface area contributed by atoms with Gasteiger partial charge in [-0.2, -0.15) is 4.68 Å². The van der Waals surface area contributed by atoms with Crippen LogP contribution in [0, 0.1) is 13.8 Å². The number of benzene rings is 2. The van der Waals surface area contributed by atoms with Gasteiger partial charge in [-0.25, -0.2) is 0 Å². The fraction of sp³-hybridized carbons (Fsp3) is 0.176. The standard InChI is InChI=1S/C17H16ClN5OS/c1-11-3-6-14(7-4-11)23-17(20-21-22-23)25-10-16(24)19-15-8-5-13(18)9-12(15)2/h3-9H,10H2,1-2H3,(H,19,24). The van der Waals surface area contributed by atoms with Crippen LogP contribution in [0.15, 0.2) is 47.6 Å². The predicted molar refractivity (Wildman–Crippen MR) is 99.4 cm³/mol. The summed E-state index contributed by atoms with van der Waals surface area (Å²) in [5.74, 6) is 0.0720. The van der Waals surface area contributed by atoms with Crippen LogP contribution in [0.4, 0.5) is 5.69 Å². The summed E-state index contributed by atoms with van der Waals surface area (Å²) in [6.07, 6.45) is 0. The molecule has 0 unspecified atom stereocenters. The van der Waals surface area contributed by atoms with Gasteiger partial charge in [0.1, 0.15) is 0 Å². The van der Waals surface area contributed by atoms with Crippen molar-refractivity contribution in [3.63, 3.8) is 0 Å². The van der Waals surface area contributed by atoms with Gasteiger partial charge in [0.2, 0.25) is 11.1 Å². The molecule has 6 nitrogen and oxygen atoms in total. The van der Waals surface area contributed by atoms with Gasteiger partial charge >= 0.3 is 0 Å². The summed E-state index contributed by atoms with van der Waals surface area (Å²) in [5, 5.41) is 15.8. The van der Waals surface area contributed by atoms with Crippen LogP contribution in [0.2, 0.25) is 5.02 Å². The number of carbonyl (C=O) groups is 1. The quantitative estimate of drug-likeness (QED) is 0.691. The molecule has 0 saturated carbocycles. The minimum Gasteiger partial charge on any atom is -0.325 e. The second kappa shape index (κ2) is 7.67. The monoisotopic (exact) mass is 373 g/mol. The summed E-state index contributed by atoms with van der Waals surface area (Å²) in [6, 6.07) is 13.2. The normalized spacial score (nSPS) is 10.7. The van der Waals surface area contributed by atoms with Crippen LogP contribution in [0.5, 0.6) is 0 Å². The zero-order valence-electron chi connectivity index (χ0n) is 13.7. The molecule has 3 aromatic rings. The highest BCUT2D eigenvalue weighted by atomic mass is 35.5. The molecule has 8 heteroatoms. The summed E-state index contributed by atoms with van der Waals surface area (Å²) < 4.78 is 1.62. The lowest BCUT2D eigenvalue weighted by Gasteiger charge is -2.08. The van der Waals surface area contributed by atoms with E-state index in [0.29, 0.717) is 10.2 Å². The molecule has 1 N–H and O–H groups in total. The molecule has 25 heavy (non-hydrogen) atoms. The van der Waals surface area contributed by atoms with Crippen molar-refractivity contribution in [1.82, 2.24) is 20.2 Å². The first-order chi connectivity index (χ1) is 12.0. The molecule has 2 aromatic carbocycles. The third-order valence-electron chi connectivity index (χ3n) is 3.51. The van der Waals surface area contributed by atoms with Gasteiger partial charge in [-0.05, 0) is 60.2 Å². The van der Waals surface area contributed by atoms with E-state index >= 15 is 0 Å². The minimum absolute atomic E-state index is 0.131. The number of nitrogens with one attached hydrogen (secondary N) is 1. The average Bonchev–Trinajstić information content (AvgIpc) is 3.05. The van der Waals surface area contributed by atoms with Crippen molar-refractivity contribution in [3.8, 4) is 5.69 Å². The smallest absolute Gasteiger partial charge is 0.234 e. The molecule has 3 rings (SSSR count). The van der Waals surface area contributed by atoms with Crippen molar-refractivity contribution < 1.29 is 4.79 Å². The Morgan fingerprint density at radius 2 is 1.96 bits per heavy atom. The van der Waals surface area contributed by atoms with Gasteiger partial charge in [-0.15, -0.1) is 5.10 Å². The summed E-state index contributed by atoms with van der Waals surface area (Å²) >= 11 is 7.20. The number of halogens is 1. The second-order valence-electron chi connectivity index (χ2n) is 5.50. The zero-order valence-corrected chi connectivity index (χ0v) is 15.3. The number of aromatic nitrogens is 4. The van der Waals surface area contributed by atoms with Crippen molar-refractivity contribution in [1.29, 1.82) is 0 Å². The summed E-state index contributed by atoms with van der Waals surface area (Å²) in [5.41, 5.74) is 3.67. The Morgan fingerprint density at radius 1 is 1.20 bits per heavy atom. The Morgan fingerprint density at radius 3 is 2.68 bits per heavy atom. The van der Waals surface area contributed by atoms with Crippen LogP contribution in [-0.2, 0) is 4.79 Å². The fourth-order valence-corrected chi connectivity index (χ4v) is 3.12. The Hall–Kier alpha value is -2.38. The molecular weight excluding hydrogens is 358 g/mol. The largest absolute Gasteiger partial charge is 0.325 e. The maximum atomic E-state index is 12.2. The van der Waals surface area contributed by atoms with E-state index in [1.54, 1.807) is 16.8 Å². The molecule has 0 bridgehead atoms. The van der Waals surface area contributed by atoms with Crippen LogP contribution in [0.1, 0.15) is 11.1 Å². The van der Waals surface area contributed by atoms with Gasteiger partial charge in [0.15, 0.2) is 0 Å². The molecule has 0 aliphatic heterocycles. The van der Waals surface area contributed by atoms with E-state index in [1.165, 1.54) is 11.8 Å². The third-order valence-corrected chi connectivity index (χ3v) is 4.67. The highest BCUT2D eigenvalue weighted by Crippen LogP contribution is 2.21. The van der Waals surface area contributed by atoms with E-state index in [4.69, 9.17) is 11.6 Å². The lowest BCUT2D eigenvalue weighted by molar-refractivity contribution is -0.113. The SMILES string of the molecule is Cc1ccc(-n2nnnc2SCC(=O)Nc2ccc(Cl)cc2C)cc1. The maximum Gasteiger partial charge on any atom is 0.234 e. The predicted octanol–water partition coefficient (Wildman–Crippen LogP) is 3.66. The minimum atomic E-state index is -0.131. The third kappa shape index (κ3) is 4.37. The Kier molecular flexibility index (Phi) is 5.35. The second-order valence-corrected chi connectivity index (χ2v) is 6.88. The fourth-order valence-electron chi connectivity index (χ4n) is 2.20. The first-order valence-electron chi connectivity index (χ1n) is 7.57. The number of carbonyl (C=O) groups excluding carboxylic acids is 1. The molecule has 0 aliphatic rings. The van der Waals surface area contributed by atoms with Crippen LogP contribution >= 0.6 is 23.4 Å². The van der Waals surface area contributed by atoms with Crippen molar-refractivity contribution >= 4 is 35.0 Å². The van der Waals surface area contributed by atoms with Gasteiger partial charge in [0.05, 0.1) is 11.4 Å². The number of amides is 1. The van der Waals surface area contributed by atoms with Crippen molar-refractivity contribution in [2.45, 2.75) is 19.0 Å². The van der Waals surface area contributed by atoms with E-state index in [1.807, 2.05) is 44.2 Å². The molecule has 0 saturated heterocycles. The maximum absolute atomic E-state index is 12.2. The lowest BCUT2D eigenvalue weighted by Crippen LogP contribution is -2.15. The van der Waals surface area contributed by atoms with E-state index < -0.39 is 0 Å². The zero-order chi connectivity index (χ0) is 17.8. The molecule has 0 atom stereocenters. The molecular formula is C17H16ClN5OS. The average molecular weight is 374 g/mol. The lowest BCUT2D eigenvalue weighted by atomic mass is 10.2. The number of nitrogens with zero attached hydrogens (tertiary/aromatic N) is 4. The number of aryl methyl sites for hydroxylation is 2. The van der Waals surface area contributed by atoms with Crippen LogP contribution < -0.4 is 5.32 Å². The molecule has 1 heterocycles. The van der Waals surface area contributed by atoms with Crippen molar-refractivity contribution in [2.75, 3.05) is 11.1 Å². The number of tetrazole rings is 1.